The van der Waals surface area contributed by atoms with Crippen LogP contribution >= 0.6 is 0 Å². The average molecular weight is 391 g/mol. The van der Waals surface area contributed by atoms with Crippen molar-refractivity contribution in [3.63, 3.8) is 0 Å². The van der Waals surface area contributed by atoms with E-state index in [0.29, 0.717) is 17.7 Å². The predicted molar refractivity (Wildman–Crippen MR) is 114 cm³/mol. The van der Waals surface area contributed by atoms with Gasteiger partial charge in [0.2, 0.25) is 11.8 Å². The van der Waals surface area contributed by atoms with Gasteiger partial charge in [0.1, 0.15) is 11.9 Å². The molecule has 0 unspecified atom stereocenters. The van der Waals surface area contributed by atoms with Crippen molar-refractivity contribution in [2.45, 2.75) is 26.0 Å². The number of aromatic hydroxyl groups is 1. The fourth-order valence-electron chi connectivity index (χ4n) is 2.96. The summed E-state index contributed by atoms with van der Waals surface area (Å²) in [5.74, 6) is 6.25. The smallest absolute Gasteiger partial charge is 0.248 e. The summed E-state index contributed by atoms with van der Waals surface area (Å²) in [4.78, 5) is 18.4. The zero-order chi connectivity index (χ0) is 21.0. The number of carbonyl (C=O) groups is 1. The zero-order valence-corrected chi connectivity index (χ0v) is 17.1. The molecule has 2 aromatic carbocycles. The van der Waals surface area contributed by atoms with E-state index in [-0.39, 0.29) is 23.7 Å². The molecule has 1 heterocycles. The van der Waals surface area contributed by atoms with Crippen LogP contribution in [0, 0.1) is 11.8 Å². The van der Waals surface area contributed by atoms with Crippen LogP contribution in [-0.4, -0.2) is 49.7 Å². The minimum atomic E-state index is -0.617. The van der Waals surface area contributed by atoms with Crippen molar-refractivity contribution in [3.8, 4) is 17.6 Å². The number of carbonyl (C=O) groups excluding carboxylic acids is 1. The second-order valence-corrected chi connectivity index (χ2v) is 7.02. The maximum absolute atomic E-state index is 12.1. The van der Waals surface area contributed by atoms with Crippen LogP contribution in [0.2, 0.25) is 0 Å². The molecule has 0 radical (unpaired) electrons. The van der Waals surface area contributed by atoms with Crippen LogP contribution in [0.25, 0.3) is 0 Å². The highest BCUT2D eigenvalue weighted by Crippen LogP contribution is 2.25. The van der Waals surface area contributed by atoms with E-state index < -0.39 is 6.04 Å². The summed E-state index contributed by atoms with van der Waals surface area (Å²) in [6.45, 7) is 4.17. The number of rotatable bonds is 4. The van der Waals surface area contributed by atoms with Gasteiger partial charge >= 0.3 is 0 Å². The Morgan fingerprint density at radius 1 is 1.17 bits per heavy atom. The molecule has 2 N–H and O–H groups in total. The number of nitrogens with one attached hydrogen (secondary N) is 1. The van der Waals surface area contributed by atoms with Gasteiger partial charge in [-0.2, -0.15) is 0 Å². The maximum Gasteiger partial charge on any atom is 0.248 e. The molecule has 6 nitrogen and oxygen atoms in total. The number of anilines is 1. The van der Waals surface area contributed by atoms with Crippen molar-refractivity contribution in [1.29, 1.82) is 0 Å². The summed E-state index contributed by atoms with van der Waals surface area (Å²) in [6, 6.07) is 12.4. The lowest BCUT2D eigenvalue weighted by Crippen LogP contribution is -2.38. The largest absolute Gasteiger partial charge is 0.507 e. The quantitative estimate of drug-likeness (QED) is 0.786. The Morgan fingerprint density at radius 3 is 2.45 bits per heavy atom. The standard InChI is InChI=1S/C23H25N3O3/c1-5-24-22(28)21-15(2)29-23(25-21)19-13-10-17(14-20(19)27)7-6-16-8-11-18(12-9-16)26(3)4/h8-15,21,27H,5H2,1-4H3,(H,24,28)/t15-,21-/m0/s1. The first-order valence-electron chi connectivity index (χ1n) is 9.54. The van der Waals surface area contributed by atoms with Gasteiger partial charge in [-0.05, 0) is 56.3 Å². The lowest BCUT2D eigenvalue weighted by Gasteiger charge is -2.12. The molecule has 29 heavy (non-hydrogen) atoms. The van der Waals surface area contributed by atoms with Gasteiger partial charge in [0.15, 0.2) is 6.04 Å². The molecule has 0 fully saturated rings. The molecule has 0 bridgehead atoms. The van der Waals surface area contributed by atoms with E-state index in [1.165, 1.54) is 0 Å². The fraction of sp³-hybridized carbons (Fsp3) is 0.304. The molecule has 0 saturated heterocycles. The first-order valence-corrected chi connectivity index (χ1v) is 9.54. The Hall–Kier alpha value is -3.46. The van der Waals surface area contributed by atoms with Gasteiger partial charge in [0.05, 0.1) is 5.56 Å². The SMILES string of the molecule is CCNC(=O)[C@H]1N=C(c2ccc(C#Cc3ccc(N(C)C)cc3)cc2O)O[C@H]1C. The van der Waals surface area contributed by atoms with Crippen LogP contribution in [0.15, 0.2) is 47.5 Å². The number of aliphatic imine (C=N–C) groups is 1. The Balaban J connectivity index is 1.78. The van der Waals surface area contributed by atoms with Crippen LogP contribution in [0.3, 0.4) is 0 Å². The molecule has 0 spiro atoms. The third-order valence-corrected chi connectivity index (χ3v) is 4.58. The predicted octanol–water partition coefficient (Wildman–Crippen LogP) is 2.53. The van der Waals surface area contributed by atoms with E-state index >= 15 is 0 Å². The van der Waals surface area contributed by atoms with Gasteiger partial charge in [-0.15, -0.1) is 0 Å². The Kier molecular flexibility index (Phi) is 6.08. The molecule has 3 rings (SSSR count). The summed E-state index contributed by atoms with van der Waals surface area (Å²) < 4.78 is 5.70. The zero-order valence-electron chi connectivity index (χ0n) is 17.1. The first-order chi connectivity index (χ1) is 13.9. The summed E-state index contributed by atoms with van der Waals surface area (Å²) in [5, 5.41) is 13.2. The van der Waals surface area contributed by atoms with Crippen molar-refractivity contribution in [2.75, 3.05) is 25.5 Å². The minimum Gasteiger partial charge on any atom is -0.507 e. The lowest BCUT2D eigenvalue weighted by atomic mass is 10.1. The molecular weight excluding hydrogens is 366 g/mol. The van der Waals surface area contributed by atoms with Crippen LogP contribution in [0.4, 0.5) is 5.69 Å². The molecular formula is C23H25N3O3. The van der Waals surface area contributed by atoms with Crippen molar-refractivity contribution < 1.29 is 14.6 Å². The number of hydrogen-bond donors (Lipinski definition) is 2. The van der Waals surface area contributed by atoms with E-state index in [9.17, 15) is 9.90 Å². The Labute approximate surface area is 171 Å². The molecule has 1 amide bonds. The van der Waals surface area contributed by atoms with Gasteiger partial charge in [0.25, 0.3) is 0 Å². The highest BCUT2D eigenvalue weighted by atomic mass is 16.5. The molecule has 150 valence electrons. The van der Waals surface area contributed by atoms with E-state index in [1.807, 2.05) is 50.2 Å². The third kappa shape index (κ3) is 4.69. The van der Waals surface area contributed by atoms with Gasteiger partial charge in [-0.1, -0.05) is 11.8 Å². The number of benzene rings is 2. The summed E-state index contributed by atoms with van der Waals surface area (Å²) in [6.07, 6.45) is -0.388. The number of hydrogen-bond acceptors (Lipinski definition) is 5. The molecule has 0 saturated carbocycles. The van der Waals surface area contributed by atoms with Crippen LogP contribution < -0.4 is 10.2 Å². The Bertz CT molecular complexity index is 985. The number of phenolic OH excluding ortho intramolecular Hbond substituents is 1. The van der Waals surface area contributed by atoms with E-state index in [1.54, 1.807) is 25.1 Å². The van der Waals surface area contributed by atoms with Gasteiger partial charge in [-0.25, -0.2) is 4.99 Å². The average Bonchev–Trinajstić information content (AvgIpc) is 3.08. The van der Waals surface area contributed by atoms with E-state index in [2.05, 4.69) is 22.2 Å². The summed E-state index contributed by atoms with van der Waals surface area (Å²) in [5.41, 5.74) is 3.12. The third-order valence-electron chi connectivity index (χ3n) is 4.58. The van der Waals surface area contributed by atoms with Crippen molar-refractivity contribution in [2.24, 2.45) is 4.99 Å². The summed E-state index contributed by atoms with van der Waals surface area (Å²) in [7, 11) is 3.98. The number of amides is 1. The lowest BCUT2D eigenvalue weighted by molar-refractivity contribution is -0.123. The second-order valence-electron chi connectivity index (χ2n) is 7.02. The Morgan fingerprint density at radius 2 is 1.83 bits per heavy atom. The van der Waals surface area contributed by atoms with Crippen LogP contribution in [0.1, 0.15) is 30.5 Å². The van der Waals surface area contributed by atoms with Crippen molar-refractivity contribution >= 4 is 17.5 Å². The number of likely N-dealkylation sites (N-methyl/N-ethyl adjacent to an activating group) is 1. The van der Waals surface area contributed by atoms with Crippen LogP contribution in [-0.2, 0) is 9.53 Å². The molecule has 2 atom stereocenters. The van der Waals surface area contributed by atoms with Gasteiger partial charge in [-0.3, -0.25) is 4.79 Å². The first kappa shape index (κ1) is 20.3. The number of ether oxygens (including phenoxy) is 1. The fourth-order valence-corrected chi connectivity index (χ4v) is 2.96. The monoisotopic (exact) mass is 391 g/mol. The topological polar surface area (TPSA) is 74.2 Å². The molecule has 1 aliphatic heterocycles. The molecule has 1 aliphatic rings. The number of nitrogens with zero attached hydrogens (tertiary/aromatic N) is 2. The minimum absolute atomic E-state index is 0.0160. The van der Waals surface area contributed by atoms with Gasteiger partial charge < -0.3 is 20.1 Å². The van der Waals surface area contributed by atoms with Crippen LogP contribution in [0.5, 0.6) is 5.75 Å². The highest BCUT2D eigenvalue weighted by Gasteiger charge is 2.34. The molecule has 2 aromatic rings. The van der Waals surface area contributed by atoms with Gasteiger partial charge in [0, 0.05) is 37.5 Å². The van der Waals surface area contributed by atoms with Crippen molar-refractivity contribution in [3.05, 3.63) is 59.2 Å². The molecule has 0 aliphatic carbocycles. The van der Waals surface area contributed by atoms with Crippen molar-refractivity contribution in [1.82, 2.24) is 5.32 Å². The number of phenols is 1. The molecule has 0 aromatic heterocycles. The molecule has 6 heteroatoms. The highest BCUT2D eigenvalue weighted by molar-refractivity contribution is 6.00. The van der Waals surface area contributed by atoms with E-state index in [0.717, 1.165) is 11.3 Å². The van der Waals surface area contributed by atoms with E-state index in [4.69, 9.17) is 4.74 Å². The summed E-state index contributed by atoms with van der Waals surface area (Å²) >= 11 is 0. The maximum atomic E-state index is 12.1. The normalized spacial score (nSPS) is 17.6. The second kappa shape index (κ2) is 8.70.